The van der Waals surface area contributed by atoms with Crippen LogP contribution in [0.5, 0.6) is 0 Å². The highest BCUT2D eigenvalue weighted by molar-refractivity contribution is 5.75. The lowest BCUT2D eigenvalue weighted by atomic mass is 10.0. The first-order valence-electron chi connectivity index (χ1n) is 5.85. The minimum atomic E-state index is -0.257. The summed E-state index contributed by atoms with van der Waals surface area (Å²) in [6.45, 7) is 6.61. The van der Waals surface area contributed by atoms with E-state index in [0.29, 0.717) is 6.54 Å². The van der Waals surface area contributed by atoms with Crippen molar-refractivity contribution in [1.82, 2.24) is 9.55 Å². The maximum absolute atomic E-state index is 11.8. The molecule has 0 spiro atoms. The Morgan fingerprint density at radius 1 is 1.41 bits per heavy atom. The van der Waals surface area contributed by atoms with Crippen molar-refractivity contribution >= 4 is 11.0 Å². The van der Waals surface area contributed by atoms with E-state index in [2.05, 4.69) is 4.98 Å². The molecule has 0 fully saturated rings. The molecule has 0 amide bonds. The van der Waals surface area contributed by atoms with E-state index in [0.717, 1.165) is 23.0 Å². The van der Waals surface area contributed by atoms with Crippen molar-refractivity contribution in [3.8, 4) is 0 Å². The predicted octanol–water partition coefficient (Wildman–Crippen LogP) is 1.77. The van der Waals surface area contributed by atoms with Crippen molar-refractivity contribution in [2.45, 2.75) is 39.3 Å². The molecule has 1 aromatic carbocycles. The summed E-state index contributed by atoms with van der Waals surface area (Å²) in [7, 11) is 0. The van der Waals surface area contributed by atoms with Gasteiger partial charge in [-0.25, -0.2) is 4.79 Å². The second-order valence-electron chi connectivity index (χ2n) is 5.34. The number of rotatable bonds is 3. The Kier molecular flexibility index (Phi) is 2.83. The predicted molar refractivity (Wildman–Crippen MR) is 70.2 cm³/mol. The Bertz CT molecular complexity index is 587. The molecule has 0 aliphatic heterocycles. The average molecular weight is 233 g/mol. The van der Waals surface area contributed by atoms with Crippen LogP contribution in [0.25, 0.3) is 11.0 Å². The quantitative estimate of drug-likeness (QED) is 0.848. The van der Waals surface area contributed by atoms with Gasteiger partial charge in [0.15, 0.2) is 0 Å². The smallest absolute Gasteiger partial charge is 0.325 e. The van der Waals surface area contributed by atoms with Crippen molar-refractivity contribution in [3.05, 3.63) is 34.2 Å². The molecular weight excluding hydrogens is 214 g/mol. The van der Waals surface area contributed by atoms with Crippen LogP contribution in [0, 0.1) is 6.92 Å². The summed E-state index contributed by atoms with van der Waals surface area (Å²) in [4.78, 5) is 14.7. The monoisotopic (exact) mass is 233 g/mol. The Labute approximate surface area is 100 Å². The van der Waals surface area contributed by atoms with Crippen LogP contribution in [-0.2, 0) is 6.54 Å². The fourth-order valence-electron chi connectivity index (χ4n) is 1.88. The van der Waals surface area contributed by atoms with E-state index in [-0.39, 0.29) is 11.2 Å². The Morgan fingerprint density at radius 3 is 2.76 bits per heavy atom. The van der Waals surface area contributed by atoms with Gasteiger partial charge in [0.1, 0.15) is 0 Å². The zero-order valence-electron chi connectivity index (χ0n) is 10.6. The molecule has 3 N–H and O–H groups in total. The van der Waals surface area contributed by atoms with Crippen molar-refractivity contribution in [1.29, 1.82) is 0 Å². The van der Waals surface area contributed by atoms with Gasteiger partial charge in [-0.3, -0.25) is 4.57 Å². The number of benzene rings is 1. The average Bonchev–Trinajstić information content (AvgIpc) is 2.49. The summed E-state index contributed by atoms with van der Waals surface area (Å²) in [6.07, 6.45) is 0.772. The van der Waals surface area contributed by atoms with Crippen molar-refractivity contribution in [2.75, 3.05) is 0 Å². The Balaban J connectivity index is 2.42. The fraction of sp³-hybridized carbons (Fsp3) is 0.462. The lowest BCUT2D eigenvalue weighted by Gasteiger charge is -2.18. The molecule has 4 heteroatoms. The molecule has 0 saturated heterocycles. The van der Waals surface area contributed by atoms with Gasteiger partial charge in [0.2, 0.25) is 0 Å². The van der Waals surface area contributed by atoms with Gasteiger partial charge in [0.05, 0.1) is 11.0 Å². The first kappa shape index (κ1) is 11.9. The molecule has 1 heterocycles. The minimum absolute atomic E-state index is 0.0603. The molecule has 0 radical (unpaired) electrons. The van der Waals surface area contributed by atoms with E-state index in [1.165, 1.54) is 0 Å². The van der Waals surface area contributed by atoms with E-state index in [1.54, 1.807) is 4.57 Å². The van der Waals surface area contributed by atoms with E-state index < -0.39 is 0 Å². The zero-order valence-corrected chi connectivity index (χ0v) is 10.6. The first-order valence-corrected chi connectivity index (χ1v) is 5.85. The molecule has 4 nitrogen and oxygen atoms in total. The summed E-state index contributed by atoms with van der Waals surface area (Å²) in [5.41, 5.74) is 8.63. The minimum Gasteiger partial charge on any atom is -0.325 e. The normalized spacial score (nSPS) is 12.2. The summed E-state index contributed by atoms with van der Waals surface area (Å²) in [6, 6.07) is 5.96. The molecular formula is C13H19N3O. The van der Waals surface area contributed by atoms with Crippen LogP contribution >= 0.6 is 0 Å². The van der Waals surface area contributed by atoms with Crippen molar-refractivity contribution in [2.24, 2.45) is 5.73 Å². The van der Waals surface area contributed by atoms with Crippen LogP contribution < -0.4 is 11.4 Å². The largest absolute Gasteiger partial charge is 0.326 e. The topological polar surface area (TPSA) is 63.8 Å². The molecule has 0 atom stereocenters. The number of nitrogens with two attached hydrogens (primary N) is 1. The van der Waals surface area contributed by atoms with Crippen LogP contribution in [0.2, 0.25) is 0 Å². The highest BCUT2D eigenvalue weighted by Crippen LogP contribution is 2.14. The molecule has 0 unspecified atom stereocenters. The van der Waals surface area contributed by atoms with E-state index >= 15 is 0 Å². The number of fused-ring (bicyclic) bond motifs is 1. The SMILES string of the molecule is Cc1ccc2[nH]c(=O)n(CCC(C)(C)N)c2c1. The third-order valence-electron chi connectivity index (χ3n) is 2.91. The van der Waals surface area contributed by atoms with Gasteiger partial charge in [-0.05, 0) is 44.9 Å². The van der Waals surface area contributed by atoms with Crippen LogP contribution in [-0.4, -0.2) is 15.1 Å². The van der Waals surface area contributed by atoms with Gasteiger partial charge in [0, 0.05) is 12.1 Å². The van der Waals surface area contributed by atoms with Gasteiger partial charge in [-0.1, -0.05) is 6.07 Å². The lowest BCUT2D eigenvalue weighted by Crippen LogP contribution is -2.34. The molecule has 17 heavy (non-hydrogen) atoms. The Morgan fingerprint density at radius 2 is 2.12 bits per heavy atom. The van der Waals surface area contributed by atoms with Gasteiger partial charge in [0.25, 0.3) is 0 Å². The molecule has 2 rings (SSSR count). The third kappa shape index (κ3) is 2.58. The lowest BCUT2D eigenvalue weighted by molar-refractivity contribution is 0.436. The number of nitrogens with zero attached hydrogens (tertiary/aromatic N) is 1. The molecule has 0 bridgehead atoms. The highest BCUT2D eigenvalue weighted by atomic mass is 16.1. The number of nitrogens with one attached hydrogen (secondary N) is 1. The molecule has 92 valence electrons. The molecule has 0 aliphatic carbocycles. The number of aromatic nitrogens is 2. The number of H-pyrrole nitrogens is 1. The summed E-state index contributed by atoms with van der Waals surface area (Å²) < 4.78 is 1.76. The van der Waals surface area contributed by atoms with Crippen molar-refractivity contribution < 1.29 is 0 Å². The van der Waals surface area contributed by atoms with E-state index in [9.17, 15) is 4.79 Å². The second-order valence-corrected chi connectivity index (χ2v) is 5.34. The summed E-state index contributed by atoms with van der Waals surface area (Å²) in [5, 5.41) is 0. The van der Waals surface area contributed by atoms with Gasteiger partial charge < -0.3 is 10.7 Å². The van der Waals surface area contributed by atoms with Gasteiger partial charge >= 0.3 is 5.69 Å². The van der Waals surface area contributed by atoms with Crippen LogP contribution in [0.15, 0.2) is 23.0 Å². The molecule has 1 aromatic heterocycles. The highest BCUT2D eigenvalue weighted by Gasteiger charge is 2.13. The maximum Gasteiger partial charge on any atom is 0.326 e. The number of hydrogen-bond acceptors (Lipinski definition) is 2. The summed E-state index contributed by atoms with van der Waals surface area (Å²) in [5.74, 6) is 0. The van der Waals surface area contributed by atoms with Crippen LogP contribution in [0.3, 0.4) is 0 Å². The van der Waals surface area contributed by atoms with Gasteiger partial charge in [-0.15, -0.1) is 0 Å². The third-order valence-corrected chi connectivity index (χ3v) is 2.91. The molecule has 0 aliphatic rings. The van der Waals surface area contributed by atoms with E-state index in [4.69, 9.17) is 5.73 Å². The maximum atomic E-state index is 11.8. The van der Waals surface area contributed by atoms with Gasteiger partial charge in [-0.2, -0.15) is 0 Å². The number of aryl methyl sites for hydroxylation is 2. The summed E-state index contributed by atoms with van der Waals surface area (Å²) >= 11 is 0. The second kappa shape index (κ2) is 4.04. The van der Waals surface area contributed by atoms with Crippen LogP contribution in [0.1, 0.15) is 25.8 Å². The fourth-order valence-corrected chi connectivity index (χ4v) is 1.88. The number of aromatic amines is 1. The number of imidazole rings is 1. The Hall–Kier alpha value is -1.55. The standard InChI is InChI=1S/C13H19N3O/c1-9-4-5-10-11(8-9)16(12(17)15-10)7-6-13(2,3)14/h4-5,8H,6-7,14H2,1-3H3,(H,15,17). The first-order chi connectivity index (χ1) is 7.87. The number of hydrogen-bond donors (Lipinski definition) is 2. The van der Waals surface area contributed by atoms with Crippen molar-refractivity contribution in [3.63, 3.8) is 0 Å². The van der Waals surface area contributed by atoms with Crippen LogP contribution in [0.4, 0.5) is 0 Å². The zero-order chi connectivity index (χ0) is 12.6. The van der Waals surface area contributed by atoms with E-state index in [1.807, 2.05) is 39.0 Å². The molecule has 2 aromatic rings. The molecule has 0 saturated carbocycles.